The number of amides is 1. The van der Waals surface area contributed by atoms with E-state index in [-0.39, 0.29) is 18.2 Å². The third kappa shape index (κ3) is 5.41. The number of hydrogen-bond donors (Lipinski definition) is 2. The van der Waals surface area contributed by atoms with Gasteiger partial charge in [0.15, 0.2) is 0 Å². The molecule has 1 aromatic rings. The van der Waals surface area contributed by atoms with Gasteiger partial charge in [0, 0.05) is 6.61 Å². The summed E-state index contributed by atoms with van der Waals surface area (Å²) in [5.74, 6) is -1.22. The van der Waals surface area contributed by atoms with Crippen molar-refractivity contribution < 1.29 is 28.6 Å². The van der Waals surface area contributed by atoms with Gasteiger partial charge in [0.2, 0.25) is 11.7 Å². The fourth-order valence-corrected chi connectivity index (χ4v) is 1.41. The molecule has 1 atom stereocenters. The van der Waals surface area contributed by atoms with Crippen LogP contribution in [0.2, 0.25) is 0 Å². The predicted octanol–water partition coefficient (Wildman–Crippen LogP) is 1.04. The van der Waals surface area contributed by atoms with Crippen LogP contribution in [-0.4, -0.2) is 42.9 Å². The first-order valence-corrected chi connectivity index (χ1v) is 6.33. The molecule has 0 bridgehead atoms. The second-order valence-electron chi connectivity index (χ2n) is 4.00. The van der Waals surface area contributed by atoms with E-state index < -0.39 is 12.1 Å². The minimum Gasteiger partial charge on any atom is -0.475 e. The molecule has 0 radical (unpaired) electrons. The van der Waals surface area contributed by atoms with Gasteiger partial charge in [-0.3, -0.25) is 4.79 Å². The maximum Gasteiger partial charge on any atom is 0.371 e. The Hall–Kier alpha value is -1.86. The number of carboxylic acids is 1. The molecule has 2 N–H and O–H groups in total. The Morgan fingerprint density at radius 1 is 1.40 bits per heavy atom. The maximum absolute atomic E-state index is 11.7. The SMILES string of the molecule is CCOCCOC(C)C(=O)NCc1ccc(C(=O)O)o1. The molecule has 0 saturated heterocycles. The Morgan fingerprint density at radius 3 is 2.75 bits per heavy atom. The minimum atomic E-state index is -1.14. The van der Waals surface area contributed by atoms with Gasteiger partial charge >= 0.3 is 5.97 Å². The monoisotopic (exact) mass is 285 g/mol. The number of carboxylic acid groups (broad SMARTS) is 1. The van der Waals surface area contributed by atoms with E-state index >= 15 is 0 Å². The predicted molar refractivity (Wildman–Crippen MR) is 69.4 cm³/mol. The first kappa shape index (κ1) is 16.2. The van der Waals surface area contributed by atoms with Gasteiger partial charge in [-0.25, -0.2) is 4.79 Å². The highest BCUT2D eigenvalue weighted by molar-refractivity contribution is 5.84. The van der Waals surface area contributed by atoms with Crippen LogP contribution < -0.4 is 5.32 Å². The van der Waals surface area contributed by atoms with Crippen molar-refractivity contribution in [2.24, 2.45) is 0 Å². The first-order chi connectivity index (χ1) is 9.54. The molecule has 20 heavy (non-hydrogen) atoms. The number of ether oxygens (including phenoxy) is 2. The molecule has 7 heteroatoms. The molecule has 7 nitrogen and oxygen atoms in total. The van der Waals surface area contributed by atoms with Crippen LogP contribution in [0.4, 0.5) is 0 Å². The Bertz CT molecular complexity index is 442. The molecule has 0 saturated carbocycles. The van der Waals surface area contributed by atoms with Gasteiger partial charge in [0.1, 0.15) is 11.9 Å². The van der Waals surface area contributed by atoms with Crippen LogP contribution in [-0.2, 0) is 20.8 Å². The molecule has 0 fully saturated rings. The maximum atomic E-state index is 11.7. The van der Waals surface area contributed by atoms with Crippen molar-refractivity contribution in [1.82, 2.24) is 5.32 Å². The molecule has 112 valence electrons. The fraction of sp³-hybridized carbons (Fsp3) is 0.538. The van der Waals surface area contributed by atoms with Gasteiger partial charge in [-0.15, -0.1) is 0 Å². The molecule has 0 spiro atoms. The molecule has 0 aliphatic rings. The average molecular weight is 285 g/mol. The van der Waals surface area contributed by atoms with Crippen LogP contribution in [0.3, 0.4) is 0 Å². The van der Waals surface area contributed by atoms with Crippen LogP contribution in [0.5, 0.6) is 0 Å². The summed E-state index contributed by atoms with van der Waals surface area (Å²) in [5.41, 5.74) is 0. The molecule has 0 aliphatic carbocycles. The zero-order valence-corrected chi connectivity index (χ0v) is 11.5. The van der Waals surface area contributed by atoms with E-state index in [0.717, 1.165) is 0 Å². The summed E-state index contributed by atoms with van der Waals surface area (Å²) in [6.07, 6.45) is -0.607. The summed E-state index contributed by atoms with van der Waals surface area (Å²) in [7, 11) is 0. The van der Waals surface area contributed by atoms with Gasteiger partial charge in [0.25, 0.3) is 0 Å². The molecule has 1 rings (SSSR count). The Labute approximate surface area is 116 Å². The van der Waals surface area contributed by atoms with Crippen LogP contribution in [0.15, 0.2) is 16.5 Å². The summed E-state index contributed by atoms with van der Waals surface area (Å²) < 4.78 is 15.4. The molecular weight excluding hydrogens is 266 g/mol. The summed E-state index contributed by atoms with van der Waals surface area (Å²) >= 11 is 0. The van der Waals surface area contributed by atoms with Crippen LogP contribution in [0.1, 0.15) is 30.2 Å². The third-order valence-electron chi connectivity index (χ3n) is 2.48. The number of rotatable bonds is 9. The second-order valence-corrected chi connectivity index (χ2v) is 4.00. The molecule has 1 aromatic heterocycles. The van der Waals surface area contributed by atoms with Gasteiger partial charge in [0.05, 0.1) is 19.8 Å². The van der Waals surface area contributed by atoms with E-state index in [1.54, 1.807) is 6.92 Å². The fourth-order valence-electron chi connectivity index (χ4n) is 1.41. The Morgan fingerprint density at radius 2 is 2.15 bits per heavy atom. The smallest absolute Gasteiger partial charge is 0.371 e. The zero-order valence-electron chi connectivity index (χ0n) is 11.5. The molecular formula is C13H19NO6. The largest absolute Gasteiger partial charge is 0.475 e. The molecule has 1 amide bonds. The van der Waals surface area contributed by atoms with Crippen molar-refractivity contribution in [2.45, 2.75) is 26.5 Å². The Balaban J connectivity index is 2.29. The van der Waals surface area contributed by atoms with Crippen molar-refractivity contribution in [3.05, 3.63) is 23.7 Å². The standard InChI is InChI=1S/C13H19NO6/c1-3-18-6-7-19-9(2)12(15)14-8-10-4-5-11(20-10)13(16)17/h4-5,9H,3,6-8H2,1-2H3,(H,14,15)(H,16,17). The van der Waals surface area contributed by atoms with E-state index in [1.165, 1.54) is 12.1 Å². The van der Waals surface area contributed by atoms with Gasteiger partial charge in [-0.2, -0.15) is 0 Å². The van der Waals surface area contributed by atoms with Crippen molar-refractivity contribution in [3.63, 3.8) is 0 Å². The van der Waals surface area contributed by atoms with E-state index in [0.29, 0.717) is 25.6 Å². The number of carbonyl (C=O) groups excluding carboxylic acids is 1. The topological polar surface area (TPSA) is 98.0 Å². The highest BCUT2D eigenvalue weighted by atomic mass is 16.5. The van der Waals surface area contributed by atoms with Gasteiger partial charge < -0.3 is 24.3 Å². The lowest BCUT2D eigenvalue weighted by molar-refractivity contribution is -0.132. The number of hydrogen-bond acceptors (Lipinski definition) is 5. The quantitative estimate of drug-likeness (QED) is 0.658. The van der Waals surface area contributed by atoms with E-state index in [9.17, 15) is 9.59 Å². The number of aromatic carboxylic acids is 1. The highest BCUT2D eigenvalue weighted by Crippen LogP contribution is 2.07. The molecule has 1 unspecified atom stereocenters. The summed E-state index contributed by atoms with van der Waals surface area (Å²) in [6, 6.07) is 2.84. The van der Waals surface area contributed by atoms with E-state index in [4.69, 9.17) is 19.0 Å². The number of nitrogens with one attached hydrogen (secondary N) is 1. The van der Waals surface area contributed by atoms with Crippen molar-refractivity contribution >= 4 is 11.9 Å². The summed E-state index contributed by atoms with van der Waals surface area (Å²) in [4.78, 5) is 22.3. The van der Waals surface area contributed by atoms with Crippen LogP contribution in [0.25, 0.3) is 0 Å². The normalized spacial score (nSPS) is 12.1. The van der Waals surface area contributed by atoms with Crippen molar-refractivity contribution in [1.29, 1.82) is 0 Å². The average Bonchev–Trinajstić information content (AvgIpc) is 2.89. The molecule has 1 heterocycles. The van der Waals surface area contributed by atoms with Gasteiger partial charge in [-0.1, -0.05) is 0 Å². The minimum absolute atomic E-state index is 0.116. The second kappa shape index (κ2) is 8.34. The van der Waals surface area contributed by atoms with Gasteiger partial charge in [-0.05, 0) is 26.0 Å². The van der Waals surface area contributed by atoms with Crippen molar-refractivity contribution in [3.8, 4) is 0 Å². The van der Waals surface area contributed by atoms with Crippen molar-refractivity contribution in [2.75, 3.05) is 19.8 Å². The van der Waals surface area contributed by atoms with Crippen LogP contribution >= 0.6 is 0 Å². The van der Waals surface area contributed by atoms with E-state index in [2.05, 4.69) is 5.32 Å². The van der Waals surface area contributed by atoms with Crippen LogP contribution in [0, 0.1) is 0 Å². The lowest BCUT2D eigenvalue weighted by Crippen LogP contribution is -2.34. The molecule has 0 aromatic carbocycles. The number of carbonyl (C=O) groups is 2. The highest BCUT2D eigenvalue weighted by Gasteiger charge is 2.14. The Kier molecular flexibility index (Phi) is 6.75. The number of furan rings is 1. The third-order valence-corrected chi connectivity index (χ3v) is 2.48. The summed E-state index contributed by atoms with van der Waals surface area (Å²) in [6.45, 7) is 5.01. The first-order valence-electron chi connectivity index (χ1n) is 6.33. The summed E-state index contributed by atoms with van der Waals surface area (Å²) in [5, 5.41) is 11.3. The van der Waals surface area contributed by atoms with E-state index in [1.807, 2.05) is 6.92 Å². The lowest BCUT2D eigenvalue weighted by atomic mass is 10.3. The zero-order chi connectivity index (χ0) is 15.0. The molecule has 0 aliphatic heterocycles. The lowest BCUT2D eigenvalue weighted by Gasteiger charge is -2.12.